The van der Waals surface area contributed by atoms with Crippen molar-refractivity contribution in [2.24, 2.45) is 5.41 Å². The number of phenolic OH excluding ortho intramolecular Hbond substituents is 2. The van der Waals surface area contributed by atoms with E-state index in [9.17, 15) is 15.0 Å². The van der Waals surface area contributed by atoms with Crippen molar-refractivity contribution < 1.29 is 24.5 Å². The average Bonchev–Trinajstić information content (AvgIpc) is 2.95. The number of Topliss-reactive ketones (excluding diaryl/α,β-unsaturated/α-hetero) is 1. The average molecular weight is 358 g/mol. The Morgan fingerprint density at radius 3 is 2.50 bits per heavy atom. The van der Waals surface area contributed by atoms with E-state index in [1.165, 1.54) is 7.11 Å². The molecule has 1 aromatic carbocycles. The van der Waals surface area contributed by atoms with Gasteiger partial charge in [0.05, 0.1) is 12.7 Å². The Morgan fingerprint density at radius 1 is 1.15 bits per heavy atom. The number of ether oxygens (including phenoxy) is 2. The van der Waals surface area contributed by atoms with E-state index in [4.69, 9.17) is 9.47 Å². The predicted octanol–water partition coefficient (Wildman–Crippen LogP) is 3.99. The Labute approximate surface area is 153 Å². The highest BCUT2D eigenvalue weighted by Crippen LogP contribution is 2.62. The van der Waals surface area contributed by atoms with Crippen LogP contribution in [0.5, 0.6) is 17.2 Å². The number of carbonyl (C=O) groups excluding carboxylic acids is 1. The Morgan fingerprint density at radius 2 is 1.85 bits per heavy atom. The highest BCUT2D eigenvalue weighted by Gasteiger charge is 2.54. The number of allylic oxidation sites excluding steroid dienone is 2. The maximum absolute atomic E-state index is 13.3. The molecule has 26 heavy (non-hydrogen) atoms. The summed E-state index contributed by atoms with van der Waals surface area (Å²) in [6.07, 6.45) is 3.01. The van der Waals surface area contributed by atoms with Crippen LogP contribution < -0.4 is 4.74 Å². The molecule has 2 atom stereocenters. The third-order valence-electron chi connectivity index (χ3n) is 6.43. The lowest BCUT2D eigenvalue weighted by Gasteiger charge is -2.49. The number of methoxy groups -OCH3 is 1. The van der Waals surface area contributed by atoms with E-state index in [2.05, 4.69) is 13.8 Å². The second-order valence-electron chi connectivity index (χ2n) is 8.69. The molecule has 0 unspecified atom stereocenters. The fourth-order valence-corrected chi connectivity index (χ4v) is 5.47. The van der Waals surface area contributed by atoms with E-state index in [0.29, 0.717) is 29.1 Å². The third kappa shape index (κ3) is 1.94. The Hall–Kier alpha value is -2.17. The molecule has 0 spiro atoms. The summed E-state index contributed by atoms with van der Waals surface area (Å²) in [5.74, 6) is 0.219. The van der Waals surface area contributed by atoms with Gasteiger partial charge in [-0.1, -0.05) is 27.2 Å². The fourth-order valence-electron chi connectivity index (χ4n) is 5.47. The monoisotopic (exact) mass is 358 g/mol. The number of aromatic hydroxyl groups is 2. The zero-order valence-corrected chi connectivity index (χ0v) is 16.0. The zero-order valence-electron chi connectivity index (χ0n) is 16.0. The fraction of sp³-hybridized carbons (Fsp3) is 0.571. The van der Waals surface area contributed by atoms with Crippen LogP contribution in [-0.4, -0.2) is 29.2 Å². The first-order valence-corrected chi connectivity index (χ1v) is 9.25. The van der Waals surface area contributed by atoms with Gasteiger partial charge in [0, 0.05) is 23.0 Å². The maximum atomic E-state index is 13.3. The van der Waals surface area contributed by atoms with Crippen molar-refractivity contribution in [3.63, 3.8) is 0 Å². The van der Waals surface area contributed by atoms with Gasteiger partial charge in [-0.25, -0.2) is 0 Å². The van der Waals surface area contributed by atoms with E-state index >= 15 is 0 Å². The second kappa shape index (κ2) is 5.18. The van der Waals surface area contributed by atoms with E-state index in [1.54, 1.807) is 0 Å². The normalized spacial score (nSPS) is 29.0. The van der Waals surface area contributed by atoms with Crippen molar-refractivity contribution in [3.05, 3.63) is 28.0 Å². The van der Waals surface area contributed by atoms with Gasteiger partial charge in [-0.3, -0.25) is 4.79 Å². The van der Waals surface area contributed by atoms with Gasteiger partial charge in [-0.05, 0) is 30.8 Å². The molecule has 1 aromatic rings. The molecule has 0 bridgehead atoms. The van der Waals surface area contributed by atoms with Gasteiger partial charge in [0.2, 0.25) is 5.78 Å². The molecule has 0 saturated heterocycles. The summed E-state index contributed by atoms with van der Waals surface area (Å²) in [7, 11) is 1.51. The van der Waals surface area contributed by atoms with Gasteiger partial charge in [0.15, 0.2) is 17.3 Å². The summed E-state index contributed by atoms with van der Waals surface area (Å²) in [6, 6.07) is 0. The van der Waals surface area contributed by atoms with Crippen LogP contribution in [-0.2, 0) is 16.6 Å². The maximum Gasteiger partial charge on any atom is 0.231 e. The first kappa shape index (κ1) is 17.3. The molecule has 1 saturated carbocycles. The van der Waals surface area contributed by atoms with Gasteiger partial charge >= 0.3 is 0 Å². The molecular formula is C21H26O5. The van der Waals surface area contributed by atoms with Crippen molar-refractivity contribution in [1.82, 2.24) is 0 Å². The molecule has 3 aliphatic rings. The number of phenols is 2. The van der Waals surface area contributed by atoms with Crippen LogP contribution in [0.1, 0.15) is 68.4 Å². The standard InChI is InChI=1S/C21H26O5/c1-10-9-11-14(22)12-13(16(24)17(11)26-10)21(4)8-6-7-20(2,3)19(21)18(25-5)15(12)23/h10,22,24H,6-9H2,1-5H3/t10-,21+/m0/s1. The molecular weight excluding hydrogens is 332 g/mol. The Kier molecular flexibility index (Phi) is 3.44. The second-order valence-corrected chi connectivity index (χ2v) is 8.69. The Balaban J connectivity index is 2.10. The molecule has 1 fully saturated rings. The van der Waals surface area contributed by atoms with Gasteiger partial charge in [0.1, 0.15) is 11.9 Å². The molecule has 2 aliphatic carbocycles. The molecule has 5 heteroatoms. The molecule has 4 rings (SSSR count). The van der Waals surface area contributed by atoms with Crippen LogP contribution in [0.2, 0.25) is 0 Å². The molecule has 5 nitrogen and oxygen atoms in total. The number of rotatable bonds is 1. The van der Waals surface area contributed by atoms with Crippen molar-refractivity contribution in [3.8, 4) is 17.2 Å². The van der Waals surface area contributed by atoms with Gasteiger partial charge in [-0.2, -0.15) is 0 Å². The van der Waals surface area contributed by atoms with Gasteiger partial charge < -0.3 is 19.7 Å². The van der Waals surface area contributed by atoms with Crippen LogP contribution in [0.25, 0.3) is 0 Å². The van der Waals surface area contributed by atoms with Crippen LogP contribution in [0.15, 0.2) is 11.3 Å². The summed E-state index contributed by atoms with van der Waals surface area (Å²) in [4.78, 5) is 13.3. The quantitative estimate of drug-likeness (QED) is 0.743. The highest BCUT2D eigenvalue weighted by atomic mass is 16.5. The SMILES string of the molecule is COC1=C2C(C)(C)CCC[C@]2(C)c2c(O)c3c(c(O)c2C1=O)C[C@H](C)O3. The van der Waals surface area contributed by atoms with Crippen LogP contribution in [0, 0.1) is 5.41 Å². The molecule has 2 N–H and O–H groups in total. The summed E-state index contributed by atoms with van der Waals surface area (Å²) in [6.45, 7) is 8.15. The van der Waals surface area contributed by atoms with Gasteiger partial charge in [0.25, 0.3) is 0 Å². The van der Waals surface area contributed by atoms with Crippen LogP contribution in [0.4, 0.5) is 0 Å². The first-order chi connectivity index (χ1) is 12.1. The lowest BCUT2D eigenvalue weighted by molar-refractivity contribution is 0.0902. The minimum atomic E-state index is -0.581. The number of hydrogen-bond donors (Lipinski definition) is 2. The summed E-state index contributed by atoms with van der Waals surface area (Å²) in [5.41, 5.74) is 1.29. The number of fused-ring (bicyclic) bond motifs is 4. The molecule has 1 aliphatic heterocycles. The summed E-state index contributed by atoms with van der Waals surface area (Å²) < 4.78 is 11.4. The number of ketones is 1. The lowest BCUT2D eigenvalue weighted by Crippen LogP contribution is -2.43. The van der Waals surface area contributed by atoms with E-state index in [1.807, 2.05) is 13.8 Å². The number of hydrogen-bond acceptors (Lipinski definition) is 5. The van der Waals surface area contributed by atoms with Crippen molar-refractivity contribution in [2.45, 2.75) is 64.9 Å². The van der Waals surface area contributed by atoms with Crippen molar-refractivity contribution >= 4 is 5.78 Å². The minimum absolute atomic E-state index is 0.00152. The van der Waals surface area contributed by atoms with E-state index < -0.39 is 5.41 Å². The molecule has 1 heterocycles. The van der Waals surface area contributed by atoms with Crippen LogP contribution >= 0.6 is 0 Å². The van der Waals surface area contributed by atoms with Crippen molar-refractivity contribution in [1.29, 1.82) is 0 Å². The van der Waals surface area contributed by atoms with Gasteiger partial charge in [-0.15, -0.1) is 0 Å². The highest BCUT2D eigenvalue weighted by molar-refractivity contribution is 6.14. The van der Waals surface area contributed by atoms with Crippen LogP contribution in [0.3, 0.4) is 0 Å². The number of carbonyl (C=O) groups is 1. The minimum Gasteiger partial charge on any atom is -0.507 e. The molecule has 0 amide bonds. The summed E-state index contributed by atoms with van der Waals surface area (Å²) >= 11 is 0. The summed E-state index contributed by atoms with van der Waals surface area (Å²) in [5, 5.41) is 22.0. The molecule has 140 valence electrons. The molecule has 0 aromatic heterocycles. The van der Waals surface area contributed by atoms with E-state index in [0.717, 1.165) is 24.8 Å². The third-order valence-corrected chi connectivity index (χ3v) is 6.43. The largest absolute Gasteiger partial charge is 0.507 e. The smallest absolute Gasteiger partial charge is 0.231 e. The molecule has 0 radical (unpaired) electrons. The zero-order chi connectivity index (χ0) is 19.0. The first-order valence-electron chi connectivity index (χ1n) is 9.25. The Bertz CT molecular complexity index is 864. The predicted molar refractivity (Wildman–Crippen MR) is 96.9 cm³/mol. The topological polar surface area (TPSA) is 76.0 Å². The number of benzene rings is 1. The van der Waals surface area contributed by atoms with Crippen molar-refractivity contribution in [2.75, 3.05) is 7.11 Å². The lowest BCUT2D eigenvalue weighted by atomic mass is 9.54. The van der Waals surface area contributed by atoms with E-state index in [-0.39, 0.29) is 34.4 Å².